The molecule has 0 aliphatic heterocycles. The van der Waals surface area contributed by atoms with Gasteiger partial charge in [-0.1, -0.05) is 5.16 Å². The molecule has 2 N–H and O–H groups in total. The molecule has 3 aromatic rings. The van der Waals surface area contributed by atoms with Crippen molar-refractivity contribution in [3.63, 3.8) is 0 Å². The summed E-state index contributed by atoms with van der Waals surface area (Å²) in [5, 5.41) is 3.63. The Morgan fingerprint density at radius 1 is 1.23 bits per heavy atom. The molecule has 1 aromatic carbocycles. The monoisotopic (exact) mass is 419 g/mol. The van der Waals surface area contributed by atoms with Crippen LogP contribution >= 0.6 is 0 Å². The van der Waals surface area contributed by atoms with Crippen molar-refractivity contribution in [3.8, 4) is 5.75 Å². The zero-order valence-corrected chi connectivity index (χ0v) is 15.5. The van der Waals surface area contributed by atoms with Gasteiger partial charge >= 0.3 is 12.3 Å². The lowest BCUT2D eigenvalue weighted by Crippen LogP contribution is -2.19. The lowest BCUT2D eigenvalue weighted by atomic mass is 10.2. The van der Waals surface area contributed by atoms with Gasteiger partial charge in [0.2, 0.25) is 0 Å². The number of imidazole rings is 1. The smallest absolute Gasteiger partial charge is 0.406 e. The number of pyridine rings is 1. The first-order chi connectivity index (χ1) is 14.3. The first kappa shape index (κ1) is 19.7. The van der Waals surface area contributed by atoms with E-state index < -0.39 is 18.1 Å². The number of halogens is 3. The minimum Gasteiger partial charge on any atom is -0.406 e. The predicted octanol–water partition coefficient (Wildman–Crippen LogP) is 3.34. The average molecular weight is 419 g/mol. The summed E-state index contributed by atoms with van der Waals surface area (Å²) in [5.74, 6) is -0.627. The molecule has 4 rings (SSSR count). The zero-order valence-electron chi connectivity index (χ0n) is 15.5. The maximum absolute atomic E-state index is 12.2. The highest BCUT2D eigenvalue weighted by atomic mass is 19.4. The van der Waals surface area contributed by atoms with E-state index in [1.807, 2.05) is 10.6 Å². The van der Waals surface area contributed by atoms with Crippen molar-refractivity contribution in [1.82, 2.24) is 14.5 Å². The number of rotatable bonds is 6. The minimum atomic E-state index is -4.81. The van der Waals surface area contributed by atoms with Gasteiger partial charge in [-0.2, -0.15) is 0 Å². The van der Waals surface area contributed by atoms with Crippen LogP contribution in [0.5, 0.6) is 5.75 Å². The van der Waals surface area contributed by atoms with Gasteiger partial charge in [0.15, 0.2) is 5.65 Å². The number of alkyl halides is 3. The van der Waals surface area contributed by atoms with E-state index in [2.05, 4.69) is 19.9 Å². The summed E-state index contributed by atoms with van der Waals surface area (Å²) in [6.45, 7) is 0. The van der Waals surface area contributed by atoms with Crippen LogP contribution in [0.15, 0.2) is 47.8 Å². The third kappa shape index (κ3) is 4.50. The molecule has 30 heavy (non-hydrogen) atoms. The van der Waals surface area contributed by atoms with Gasteiger partial charge in [0, 0.05) is 12.2 Å². The Hall–Kier alpha value is -3.63. The maximum Gasteiger partial charge on any atom is 0.573 e. The Labute approximate surface area is 168 Å². The number of nitrogens with two attached hydrogens (primary N) is 1. The SMILES string of the molecule is N/C(Cc1nc2cccnc2n1C1CC1)=N\OC(=O)c1ccc(OC(F)(F)F)cc1. The standard InChI is InChI=1S/C19H16F3N5O3/c20-19(21,22)29-13-7-3-11(4-8-13)18(28)30-26-15(23)10-16-25-14-2-1-9-24-17(14)27(16)12-5-6-12/h1-4,7-9,12H,5-6,10H2,(H2,23,26). The van der Waals surface area contributed by atoms with E-state index in [4.69, 9.17) is 10.6 Å². The highest BCUT2D eigenvalue weighted by Crippen LogP contribution is 2.38. The van der Waals surface area contributed by atoms with E-state index in [9.17, 15) is 18.0 Å². The van der Waals surface area contributed by atoms with Crippen LogP contribution in [0.3, 0.4) is 0 Å². The quantitative estimate of drug-likeness (QED) is 0.284. The average Bonchev–Trinajstić information content (AvgIpc) is 3.46. The molecule has 156 valence electrons. The summed E-state index contributed by atoms with van der Waals surface area (Å²) in [7, 11) is 0. The van der Waals surface area contributed by atoms with Crippen LogP contribution in [0.2, 0.25) is 0 Å². The van der Waals surface area contributed by atoms with Crippen molar-refractivity contribution < 1.29 is 27.5 Å². The molecule has 0 amide bonds. The third-order valence-electron chi connectivity index (χ3n) is 4.34. The number of hydrogen-bond donors (Lipinski definition) is 1. The molecular weight excluding hydrogens is 403 g/mol. The van der Waals surface area contributed by atoms with Gasteiger partial charge in [-0.05, 0) is 49.2 Å². The molecule has 0 atom stereocenters. The molecular formula is C19H16F3N5O3. The van der Waals surface area contributed by atoms with Gasteiger partial charge in [0.25, 0.3) is 0 Å². The van der Waals surface area contributed by atoms with E-state index in [1.54, 1.807) is 12.3 Å². The summed E-state index contributed by atoms with van der Waals surface area (Å²) < 4.78 is 42.3. The van der Waals surface area contributed by atoms with Gasteiger partial charge in [-0.15, -0.1) is 13.2 Å². The van der Waals surface area contributed by atoms with Gasteiger partial charge in [0.05, 0.1) is 12.0 Å². The lowest BCUT2D eigenvalue weighted by molar-refractivity contribution is -0.274. The molecule has 2 aromatic heterocycles. The summed E-state index contributed by atoms with van der Waals surface area (Å²) in [4.78, 5) is 25.7. The highest BCUT2D eigenvalue weighted by molar-refractivity contribution is 5.90. The molecule has 11 heteroatoms. The van der Waals surface area contributed by atoms with Crippen LogP contribution in [-0.2, 0) is 11.3 Å². The van der Waals surface area contributed by atoms with Crippen molar-refractivity contribution in [3.05, 3.63) is 54.0 Å². The molecule has 0 bridgehead atoms. The number of nitrogens with zero attached hydrogens (tertiary/aromatic N) is 4. The number of carbonyl (C=O) groups is 1. The predicted molar refractivity (Wildman–Crippen MR) is 99.7 cm³/mol. The molecule has 0 spiro atoms. The van der Waals surface area contributed by atoms with Crippen molar-refractivity contribution in [2.75, 3.05) is 0 Å². The summed E-state index contributed by atoms with van der Waals surface area (Å²) in [6, 6.07) is 8.23. The molecule has 0 unspecified atom stereocenters. The number of carbonyl (C=O) groups excluding carboxylic acids is 1. The first-order valence-corrected chi connectivity index (χ1v) is 9.01. The maximum atomic E-state index is 12.2. The molecule has 2 heterocycles. The van der Waals surface area contributed by atoms with E-state index >= 15 is 0 Å². The fourth-order valence-corrected chi connectivity index (χ4v) is 2.96. The fourth-order valence-electron chi connectivity index (χ4n) is 2.96. The second-order valence-corrected chi connectivity index (χ2v) is 6.69. The van der Waals surface area contributed by atoms with Crippen LogP contribution in [0.25, 0.3) is 11.2 Å². The molecule has 1 saturated carbocycles. The number of hydrogen-bond acceptors (Lipinski definition) is 6. The molecule has 8 nitrogen and oxygen atoms in total. The summed E-state index contributed by atoms with van der Waals surface area (Å²) >= 11 is 0. The first-order valence-electron chi connectivity index (χ1n) is 9.01. The Bertz CT molecular complexity index is 1100. The van der Waals surface area contributed by atoms with E-state index in [0.29, 0.717) is 11.9 Å². The Balaban J connectivity index is 1.43. The number of benzene rings is 1. The minimum absolute atomic E-state index is 0.00417. The number of oxime groups is 1. The van der Waals surface area contributed by atoms with Gasteiger partial charge in [-0.25, -0.2) is 14.8 Å². The second kappa shape index (κ2) is 7.65. The topological polar surface area (TPSA) is 105 Å². The molecule has 1 aliphatic carbocycles. The van der Waals surface area contributed by atoms with Crippen molar-refractivity contribution in [2.45, 2.75) is 31.7 Å². The van der Waals surface area contributed by atoms with Gasteiger partial charge in [-0.3, -0.25) is 0 Å². The largest absolute Gasteiger partial charge is 0.573 e. The number of ether oxygens (including phenoxy) is 1. The second-order valence-electron chi connectivity index (χ2n) is 6.69. The van der Waals surface area contributed by atoms with Crippen LogP contribution in [0, 0.1) is 0 Å². The van der Waals surface area contributed by atoms with Crippen LogP contribution in [0.1, 0.15) is 35.1 Å². The third-order valence-corrected chi connectivity index (χ3v) is 4.34. The summed E-state index contributed by atoms with van der Waals surface area (Å²) in [6.07, 6.45) is -0.924. The number of aromatic nitrogens is 3. The lowest BCUT2D eigenvalue weighted by Gasteiger charge is -2.08. The zero-order chi connectivity index (χ0) is 21.3. The van der Waals surface area contributed by atoms with E-state index in [1.165, 1.54) is 0 Å². The Morgan fingerprint density at radius 2 is 1.97 bits per heavy atom. The Kier molecular flexibility index (Phi) is 5.02. The van der Waals surface area contributed by atoms with Crippen molar-refractivity contribution >= 4 is 23.0 Å². The molecule has 0 radical (unpaired) electrons. The molecule has 1 aliphatic rings. The van der Waals surface area contributed by atoms with Gasteiger partial charge < -0.3 is 19.9 Å². The van der Waals surface area contributed by atoms with Crippen LogP contribution in [-0.4, -0.2) is 32.7 Å². The van der Waals surface area contributed by atoms with Crippen molar-refractivity contribution in [1.29, 1.82) is 0 Å². The Morgan fingerprint density at radius 3 is 2.63 bits per heavy atom. The van der Waals surface area contributed by atoms with E-state index in [0.717, 1.165) is 48.3 Å². The van der Waals surface area contributed by atoms with E-state index in [-0.39, 0.29) is 17.8 Å². The highest BCUT2D eigenvalue weighted by Gasteiger charge is 2.31. The fraction of sp³-hybridized carbons (Fsp3) is 0.263. The molecule has 0 saturated heterocycles. The number of amidine groups is 1. The molecule has 1 fully saturated rings. The normalized spacial score (nSPS) is 14.7. The summed E-state index contributed by atoms with van der Waals surface area (Å²) in [5.41, 5.74) is 7.39. The van der Waals surface area contributed by atoms with Crippen LogP contribution in [0.4, 0.5) is 13.2 Å². The van der Waals surface area contributed by atoms with Crippen molar-refractivity contribution in [2.24, 2.45) is 10.9 Å². The number of fused-ring (bicyclic) bond motifs is 1. The van der Waals surface area contributed by atoms with Crippen LogP contribution < -0.4 is 10.5 Å². The van der Waals surface area contributed by atoms with Gasteiger partial charge in [0.1, 0.15) is 22.9 Å².